The Morgan fingerprint density at radius 3 is 2.86 bits per heavy atom. The lowest BCUT2D eigenvalue weighted by Crippen LogP contribution is -2.50. The van der Waals surface area contributed by atoms with Crippen molar-refractivity contribution in [3.05, 3.63) is 59.4 Å². The number of rotatable bonds is 6. The summed E-state index contributed by atoms with van der Waals surface area (Å²) in [6.07, 6.45) is 1.42. The quantitative estimate of drug-likeness (QED) is 0.746. The Balaban J connectivity index is 1.76. The zero-order valence-electron chi connectivity index (χ0n) is 16.5. The zero-order chi connectivity index (χ0) is 19.9. The molecule has 0 radical (unpaired) electrons. The molecule has 1 fully saturated rings. The highest BCUT2D eigenvalue weighted by Crippen LogP contribution is 2.28. The number of allylic oxidation sites excluding steroid dienone is 1. The van der Waals surface area contributed by atoms with Gasteiger partial charge in [-0.1, -0.05) is 48.5 Å². The van der Waals surface area contributed by atoms with Gasteiger partial charge in [0.1, 0.15) is 5.17 Å². The second kappa shape index (κ2) is 9.88. The third-order valence-electron chi connectivity index (χ3n) is 5.26. The molecule has 2 aliphatic heterocycles. The molecule has 1 aromatic carbocycles. The van der Waals surface area contributed by atoms with Crippen molar-refractivity contribution in [3.63, 3.8) is 0 Å². The van der Waals surface area contributed by atoms with Gasteiger partial charge in [0.15, 0.2) is 0 Å². The van der Waals surface area contributed by atoms with Crippen molar-refractivity contribution in [2.24, 2.45) is 4.99 Å². The number of hydrogen-bond acceptors (Lipinski definition) is 5. The van der Waals surface area contributed by atoms with E-state index in [2.05, 4.69) is 57.0 Å². The van der Waals surface area contributed by atoms with Crippen LogP contribution in [0.2, 0.25) is 0 Å². The first kappa shape index (κ1) is 20.6. The Bertz CT molecular complexity index is 789. The van der Waals surface area contributed by atoms with E-state index in [-0.39, 0.29) is 6.04 Å². The van der Waals surface area contributed by atoms with E-state index in [4.69, 9.17) is 16.9 Å². The molecular weight excluding hydrogens is 370 g/mol. The highest BCUT2D eigenvalue weighted by atomic mass is 35.5. The first-order valence-electron chi connectivity index (χ1n) is 9.80. The van der Waals surface area contributed by atoms with Crippen LogP contribution in [0.1, 0.15) is 25.3 Å². The van der Waals surface area contributed by atoms with Crippen molar-refractivity contribution in [1.82, 2.24) is 15.1 Å². The molecule has 1 N–H and O–H groups in total. The molecule has 0 spiro atoms. The minimum Gasteiger partial charge on any atom is -0.369 e. The first-order chi connectivity index (χ1) is 13.6. The Morgan fingerprint density at radius 1 is 1.36 bits per heavy atom. The maximum atomic E-state index is 9.01. The van der Waals surface area contributed by atoms with Crippen molar-refractivity contribution in [2.45, 2.75) is 32.4 Å². The monoisotopic (exact) mass is 397 g/mol. The highest BCUT2D eigenvalue weighted by molar-refractivity contribution is 6.64. The van der Waals surface area contributed by atoms with E-state index in [0.717, 1.165) is 57.1 Å². The van der Waals surface area contributed by atoms with Crippen LogP contribution >= 0.6 is 11.6 Å². The van der Waals surface area contributed by atoms with Crippen LogP contribution in [0.5, 0.6) is 0 Å². The lowest BCUT2D eigenvalue weighted by Gasteiger charge is -2.38. The Labute approximate surface area is 173 Å². The maximum absolute atomic E-state index is 9.01. The van der Waals surface area contributed by atoms with Crippen LogP contribution in [-0.4, -0.2) is 53.7 Å². The van der Waals surface area contributed by atoms with Crippen molar-refractivity contribution in [1.29, 1.82) is 5.26 Å². The summed E-state index contributed by atoms with van der Waals surface area (Å²) < 4.78 is 0. The summed E-state index contributed by atoms with van der Waals surface area (Å²) in [6, 6.07) is 13.0. The molecule has 5 nitrogen and oxygen atoms in total. The molecule has 0 aromatic heterocycles. The predicted molar refractivity (Wildman–Crippen MR) is 115 cm³/mol. The van der Waals surface area contributed by atoms with Gasteiger partial charge in [0.25, 0.3) is 0 Å². The number of nitrogens with one attached hydrogen (secondary N) is 1. The van der Waals surface area contributed by atoms with Crippen LogP contribution in [0.4, 0.5) is 0 Å². The molecule has 2 aliphatic rings. The molecule has 148 valence electrons. The Hall–Kier alpha value is -2.13. The number of nitriles is 1. The molecule has 1 unspecified atom stereocenters. The number of piperazine rings is 1. The minimum atomic E-state index is 0.191. The summed E-state index contributed by atoms with van der Waals surface area (Å²) in [5.41, 5.74) is 4.54. The van der Waals surface area contributed by atoms with Gasteiger partial charge in [-0.15, -0.1) is 0 Å². The summed E-state index contributed by atoms with van der Waals surface area (Å²) in [6.45, 7) is 11.4. The fraction of sp³-hybridized carbons (Fsp3) is 0.455. The second-order valence-corrected chi connectivity index (χ2v) is 7.93. The molecule has 2 heterocycles. The van der Waals surface area contributed by atoms with Crippen LogP contribution < -0.4 is 5.32 Å². The van der Waals surface area contributed by atoms with Gasteiger partial charge in [-0.25, -0.2) is 4.99 Å². The highest BCUT2D eigenvalue weighted by Gasteiger charge is 2.26. The van der Waals surface area contributed by atoms with E-state index in [1.54, 1.807) is 0 Å². The van der Waals surface area contributed by atoms with Crippen LogP contribution in [0.25, 0.3) is 0 Å². The van der Waals surface area contributed by atoms with E-state index >= 15 is 0 Å². The van der Waals surface area contributed by atoms with Gasteiger partial charge < -0.3 is 10.2 Å². The van der Waals surface area contributed by atoms with E-state index in [0.29, 0.717) is 11.6 Å². The van der Waals surface area contributed by atoms with Gasteiger partial charge in [0.2, 0.25) is 0 Å². The van der Waals surface area contributed by atoms with Crippen LogP contribution in [0, 0.1) is 11.3 Å². The molecule has 1 saturated heterocycles. The van der Waals surface area contributed by atoms with Crippen molar-refractivity contribution >= 4 is 16.8 Å². The van der Waals surface area contributed by atoms with Crippen LogP contribution in [0.15, 0.2) is 58.9 Å². The van der Waals surface area contributed by atoms with E-state index in [9.17, 15) is 0 Å². The average Bonchev–Trinajstić information content (AvgIpc) is 2.69. The Kier molecular flexibility index (Phi) is 7.27. The smallest absolute Gasteiger partial charge is 0.103 e. The topological polar surface area (TPSA) is 54.7 Å². The summed E-state index contributed by atoms with van der Waals surface area (Å²) in [5.74, 6) is 0. The lowest BCUT2D eigenvalue weighted by atomic mass is 9.99. The number of benzene rings is 1. The number of aliphatic imine (C=N–C) groups is 1. The Morgan fingerprint density at radius 2 is 2.14 bits per heavy atom. The van der Waals surface area contributed by atoms with Crippen LogP contribution in [0.3, 0.4) is 0 Å². The predicted octanol–water partition coefficient (Wildman–Crippen LogP) is 3.50. The van der Waals surface area contributed by atoms with Crippen molar-refractivity contribution in [2.75, 3.05) is 32.7 Å². The average molecular weight is 398 g/mol. The fourth-order valence-corrected chi connectivity index (χ4v) is 3.99. The molecule has 0 aliphatic carbocycles. The van der Waals surface area contributed by atoms with Crippen LogP contribution in [-0.2, 0) is 6.54 Å². The van der Waals surface area contributed by atoms with Crippen molar-refractivity contribution < 1.29 is 0 Å². The SMILES string of the molecule is C=C(C1=C(/N=C(\C)Cl)CN(Cc2ccccc2)CC1)N1CCNC(CC#N)C1. The fourth-order valence-electron chi connectivity index (χ4n) is 3.89. The molecule has 0 saturated carbocycles. The van der Waals surface area contributed by atoms with E-state index in [1.165, 1.54) is 11.1 Å². The summed E-state index contributed by atoms with van der Waals surface area (Å²) in [5, 5.41) is 13.0. The first-order valence-corrected chi connectivity index (χ1v) is 10.2. The molecule has 3 rings (SSSR count). The molecule has 6 heteroatoms. The van der Waals surface area contributed by atoms with Gasteiger partial charge in [0.05, 0.1) is 18.2 Å². The summed E-state index contributed by atoms with van der Waals surface area (Å²) >= 11 is 6.15. The normalized spacial score (nSPS) is 21.5. The molecule has 1 atom stereocenters. The van der Waals surface area contributed by atoms with Gasteiger partial charge in [-0.2, -0.15) is 5.26 Å². The van der Waals surface area contributed by atoms with Gasteiger partial charge in [-0.05, 0) is 24.5 Å². The number of halogens is 1. The molecule has 28 heavy (non-hydrogen) atoms. The van der Waals surface area contributed by atoms with E-state index < -0.39 is 0 Å². The summed E-state index contributed by atoms with van der Waals surface area (Å²) in [4.78, 5) is 9.34. The molecule has 1 aromatic rings. The molecular formula is C22H28ClN5. The molecule has 0 amide bonds. The third kappa shape index (κ3) is 5.45. The third-order valence-corrected chi connectivity index (χ3v) is 5.35. The maximum Gasteiger partial charge on any atom is 0.103 e. The lowest BCUT2D eigenvalue weighted by molar-refractivity contribution is 0.241. The number of hydrogen-bond donors (Lipinski definition) is 1. The largest absolute Gasteiger partial charge is 0.369 e. The minimum absolute atomic E-state index is 0.191. The van der Waals surface area contributed by atoms with Gasteiger partial charge in [0, 0.05) is 51.0 Å². The summed E-state index contributed by atoms with van der Waals surface area (Å²) in [7, 11) is 0. The van der Waals surface area contributed by atoms with Crippen molar-refractivity contribution in [3.8, 4) is 6.07 Å². The van der Waals surface area contributed by atoms with Gasteiger partial charge in [-0.3, -0.25) is 4.90 Å². The molecule has 0 bridgehead atoms. The second-order valence-electron chi connectivity index (χ2n) is 7.39. The standard InChI is InChI=1S/C22H28ClN5/c1-17(28-13-11-25-20(15-28)8-10-24)21-9-12-27(16-22(21)26-18(2)23)14-19-6-4-3-5-7-19/h3-7,20,25H,1,8-9,11-16H2,2H3/b26-18+. The number of nitrogens with zero attached hydrogens (tertiary/aromatic N) is 4. The zero-order valence-corrected chi connectivity index (χ0v) is 17.3. The van der Waals surface area contributed by atoms with E-state index in [1.807, 2.05) is 13.0 Å². The van der Waals surface area contributed by atoms with Gasteiger partial charge >= 0.3 is 0 Å².